The predicted octanol–water partition coefficient (Wildman–Crippen LogP) is -0.713. The third-order valence-corrected chi connectivity index (χ3v) is 1.58. The van der Waals surface area contributed by atoms with E-state index in [9.17, 15) is 0 Å². The minimum atomic E-state index is 0.583. The Labute approximate surface area is 62.4 Å². The van der Waals surface area contributed by atoms with Crippen LogP contribution in [0.4, 0.5) is 0 Å². The Hall–Kier alpha value is -0.120. The molecule has 0 bridgehead atoms. The highest BCUT2D eigenvalue weighted by Crippen LogP contribution is 2.13. The van der Waals surface area contributed by atoms with E-state index in [0.29, 0.717) is 6.04 Å². The first-order chi connectivity index (χ1) is 4.89. The second kappa shape index (κ2) is 4.66. The Morgan fingerprint density at radius 3 is 1.30 bits per heavy atom. The molecular weight excluding hydrogens is 126 g/mol. The van der Waals surface area contributed by atoms with E-state index in [0.717, 1.165) is 26.2 Å². The maximum Gasteiger partial charge on any atom is 0.00772 e. The summed E-state index contributed by atoms with van der Waals surface area (Å²) in [5, 5.41) is 6.44. The lowest BCUT2D eigenvalue weighted by Gasteiger charge is -2.11. The molecule has 0 aromatic rings. The molecule has 4 N–H and O–H groups in total. The zero-order chi connectivity index (χ0) is 7.23. The van der Waals surface area contributed by atoms with Crippen molar-refractivity contribution in [2.45, 2.75) is 18.9 Å². The minimum Gasteiger partial charge on any atom is -0.328 e. The molecule has 0 aromatic heterocycles. The van der Waals surface area contributed by atoms with Crippen molar-refractivity contribution in [3.8, 4) is 0 Å². The van der Waals surface area contributed by atoms with Gasteiger partial charge in [-0.05, 0) is 12.8 Å². The van der Waals surface area contributed by atoms with Crippen molar-refractivity contribution in [2.24, 2.45) is 5.73 Å². The molecule has 10 heavy (non-hydrogen) atoms. The normalized spacial score (nSPS) is 24.9. The van der Waals surface area contributed by atoms with Gasteiger partial charge in [0.05, 0.1) is 0 Å². The van der Waals surface area contributed by atoms with Gasteiger partial charge in [-0.1, -0.05) is 0 Å². The Morgan fingerprint density at radius 1 is 0.900 bits per heavy atom. The van der Waals surface area contributed by atoms with Gasteiger partial charge in [-0.3, -0.25) is 0 Å². The summed E-state index contributed by atoms with van der Waals surface area (Å²) in [7, 11) is 0. The van der Waals surface area contributed by atoms with Gasteiger partial charge in [0.25, 0.3) is 0 Å². The van der Waals surface area contributed by atoms with Crippen LogP contribution in [0.2, 0.25) is 0 Å². The molecule has 3 heteroatoms. The second-order valence-corrected chi connectivity index (χ2v) is 2.84. The van der Waals surface area contributed by atoms with E-state index in [-0.39, 0.29) is 0 Å². The number of hydrogen-bond acceptors (Lipinski definition) is 3. The maximum absolute atomic E-state index is 5.22. The van der Waals surface area contributed by atoms with Crippen molar-refractivity contribution >= 4 is 0 Å². The molecule has 0 spiro atoms. The van der Waals surface area contributed by atoms with E-state index in [1.54, 1.807) is 0 Å². The summed E-state index contributed by atoms with van der Waals surface area (Å²) in [6.07, 6.45) is 2.53. The molecule has 1 heterocycles. The minimum absolute atomic E-state index is 0.583. The topological polar surface area (TPSA) is 50.1 Å². The summed E-state index contributed by atoms with van der Waals surface area (Å²) in [5.74, 6) is 0. The summed E-state index contributed by atoms with van der Waals surface area (Å²) in [4.78, 5) is 0. The standard InChI is InChI=1S/C4H10N2.C3H7N/c1-2-6-4-3-5-1;4-3-1-2-3/h5-6H,1-4H2;3H,1-2,4H2. The second-order valence-electron chi connectivity index (χ2n) is 2.84. The number of nitrogens with one attached hydrogen (secondary N) is 2. The number of nitrogens with two attached hydrogens (primary N) is 1. The fraction of sp³-hybridized carbons (Fsp3) is 1.00. The molecule has 2 fully saturated rings. The van der Waals surface area contributed by atoms with Crippen molar-refractivity contribution in [3.05, 3.63) is 0 Å². The zero-order valence-corrected chi connectivity index (χ0v) is 6.40. The van der Waals surface area contributed by atoms with Gasteiger partial charge >= 0.3 is 0 Å². The summed E-state index contributed by atoms with van der Waals surface area (Å²) >= 11 is 0. The van der Waals surface area contributed by atoms with Crippen LogP contribution in [-0.2, 0) is 0 Å². The molecule has 60 valence electrons. The summed E-state index contributed by atoms with van der Waals surface area (Å²) < 4.78 is 0. The molecule has 1 aliphatic heterocycles. The highest BCUT2D eigenvalue weighted by atomic mass is 15.0. The van der Waals surface area contributed by atoms with E-state index < -0.39 is 0 Å². The number of rotatable bonds is 0. The van der Waals surface area contributed by atoms with Crippen molar-refractivity contribution in [1.29, 1.82) is 0 Å². The average Bonchev–Trinajstić information content (AvgIpc) is 2.77. The van der Waals surface area contributed by atoms with Crippen LogP contribution in [0.1, 0.15) is 12.8 Å². The molecule has 3 nitrogen and oxygen atoms in total. The van der Waals surface area contributed by atoms with Gasteiger partial charge in [0, 0.05) is 32.2 Å². The first-order valence-electron chi connectivity index (χ1n) is 4.06. The van der Waals surface area contributed by atoms with E-state index in [1.165, 1.54) is 12.8 Å². The molecule has 1 aliphatic carbocycles. The largest absolute Gasteiger partial charge is 0.328 e. The molecule has 1 saturated carbocycles. The third kappa shape index (κ3) is 4.73. The van der Waals surface area contributed by atoms with Crippen LogP contribution in [-0.4, -0.2) is 32.2 Å². The quantitative estimate of drug-likeness (QED) is 0.420. The van der Waals surface area contributed by atoms with Crippen LogP contribution in [0, 0.1) is 0 Å². The van der Waals surface area contributed by atoms with Gasteiger partial charge in [0.1, 0.15) is 0 Å². The smallest absolute Gasteiger partial charge is 0.00772 e. The predicted molar refractivity (Wildman–Crippen MR) is 42.9 cm³/mol. The van der Waals surface area contributed by atoms with Crippen molar-refractivity contribution in [1.82, 2.24) is 10.6 Å². The molecule has 0 unspecified atom stereocenters. The molecular formula is C7H17N3. The monoisotopic (exact) mass is 143 g/mol. The lowest BCUT2D eigenvalue weighted by Crippen LogP contribution is -2.39. The van der Waals surface area contributed by atoms with Crippen molar-refractivity contribution < 1.29 is 0 Å². The Kier molecular flexibility index (Phi) is 3.72. The van der Waals surface area contributed by atoms with Crippen LogP contribution in [0.25, 0.3) is 0 Å². The zero-order valence-electron chi connectivity index (χ0n) is 6.40. The lowest BCUT2D eigenvalue weighted by atomic mass is 10.4. The first kappa shape index (κ1) is 7.98. The van der Waals surface area contributed by atoms with Crippen LogP contribution in [0.15, 0.2) is 0 Å². The van der Waals surface area contributed by atoms with Gasteiger partial charge in [-0.2, -0.15) is 0 Å². The molecule has 0 amide bonds. The molecule has 0 aromatic carbocycles. The van der Waals surface area contributed by atoms with Crippen LogP contribution in [0.5, 0.6) is 0 Å². The Balaban J connectivity index is 0.000000108. The fourth-order valence-electron chi connectivity index (χ4n) is 0.700. The fourth-order valence-corrected chi connectivity index (χ4v) is 0.700. The highest BCUT2D eigenvalue weighted by Gasteiger charge is 2.13. The highest BCUT2D eigenvalue weighted by molar-refractivity contribution is 4.75. The van der Waals surface area contributed by atoms with Crippen LogP contribution in [0.3, 0.4) is 0 Å². The SMILES string of the molecule is C1CNCCN1.NC1CC1. The van der Waals surface area contributed by atoms with Gasteiger partial charge in [0.15, 0.2) is 0 Å². The Morgan fingerprint density at radius 2 is 1.20 bits per heavy atom. The van der Waals surface area contributed by atoms with Gasteiger partial charge < -0.3 is 16.4 Å². The first-order valence-corrected chi connectivity index (χ1v) is 4.06. The van der Waals surface area contributed by atoms with E-state index >= 15 is 0 Å². The molecule has 0 radical (unpaired) electrons. The van der Waals surface area contributed by atoms with Gasteiger partial charge in [0.2, 0.25) is 0 Å². The maximum atomic E-state index is 5.22. The lowest BCUT2D eigenvalue weighted by molar-refractivity contribution is 0.534. The van der Waals surface area contributed by atoms with Gasteiger partial charge in [-0.25, -0.2) is 0 Å². The molecule has 1 saturated heterocycles. The van der Waals surface area contributed by atoms with E-state index in [1.807, 2.05) is 0 Å². The summed E-state index contributed by atoms with van der Waals surface area (Å²) in [6, 6.07) is 0.583. The Bertz CT molecular complexity index is 65.4. The molecule has 2 rings (SSSR count). The van der Waals surface area contributed by atoms with Gasteiger partial charge in [-0.15, -0.1) is 0 Å². The molecule has 0 atom stereocenters. The molecule has 2 aliphatic rings. The number of hydrogen-bond donors (Lipinski definition) is 3. The van der Waals surface area contributed by atoms with Crippen molar-refractivity contribution in [2.75, 3.05) is 26.2 Å². The van der Waals surface area contributed by atoms with E-state index in [4.69, 9.17) is 5.73 Å². The summed E-state index contributed by atoms with van der Waals surface area (Å²) in [6.45, 7) is 4.56. The van der Waals surface area contributed by atoms with Crippen molar-refractivity contribution in [3.63, 3.8) is 0 Å². The third-order valence-electron chi connectivity index (χ3n) is 1.58. The number of piperazine rings is 1. The van der Waals surface area contributed by atoms with Crippen LogP contribution >= 0.6 is 0 Å². The summed E-state index contributed by atoms with van der Waals surface area (Å²) in [5.41, 5.74) is 5.22. The van der Waals surface area contributed by atoms with Crippen LogP contribution < -0.4 is 16.4 Å². The average molecular weight is 143 g/mol. The van der Waals surface area contributed by atoms with E-state index in [2.05, 4.69) is 10.6 Å².